The average Bonchev–Trinajstić information content (AvgIpc) is 3.10. The summed E-state index contributed by atoms with van der Waals surface area (Å²) in [6.45, 7) is 1.28. The second-order valence-electron chi connectivity index (χ2n) is 5.25. The quantitative estimate of drug-likeness (QED) is 0.647. The van der Waals surface area contributed by atoms with Crippen LogP contribution < -0.4 is 10.2 Å². The molecule has 0 saturated carbocycles. The Morgan fingerprint density at radius 2 is 2.18 bits per heavy atom. The van der Waals surface area contributed by atoms with E-state index >= 15 is 0 Å². The van der Waals surface area contributed by atoms with Gasteiger partial charge in [-0.25, -0.2) is 4.98 Å². The Morgan fingerprint density at radius 3 is 2.73 bits per heavy atom. The first-order valence-electron chi connectivity index (χ1n) is 7.02. The van der Waals surface area contributed by atoms with E-state index in [0.29, 0.717) is 13.1 Å². The molecule has 22 heavy (non-hydrogen) atoms. The molecule has 8 heteroatoms. The van der Waals surface area contributed by atoms with Gasteiger partial charge in [-0.15, -0.1) is 0 Å². The van der Waals surface area contributed by atoms with Crippen LogP contribution in [0.3, 0.4) is 0 Å². The largest absolute Gasteiger partial charge is 0.364 e. The number of rotatable bonds is 5. The van der Waals surface area contributed by atoms with E-state index in [4.69, 9.17) is 4.52 Å². The second-order valence-corrected chi connectivity index (χ2v) is 5.25. The highest BCUT2D eigenvalue weighted by Gasteiger charge is 2.11. The molecule has 120 valence electrons. The first-order valence-corrected chi connectivity index (χ1v) is 7.02. The van der Waals surface area contributed by atoms with Crippen LogP contribution >= 0.6 is 0 Å². The SMILES string of the molecule is CN=C(NCc1cnc(N(C)C)n1C)N(C)Cc1ccon1. The molecular weight excluding hydrogens is 282 g/mol. The first-order chi connectivity index (χ1) is 10.5. The lowest BCUT2D eigenvalue weighted by Gasteiger charge is -2.21. The minimum atomic E-state index is 0.629. The summed E-state index contributed by atoms with van der Waals surface area (Å²) in [7, 11) is 9.67. The third-order valence-corrected chi connectivity index (χ3v) is 3.35. The maximum absolute atomic E-state index is 4.85. The number of nitrogens with one attached hydrogen (secondary N) is 1. The molecular formula is C14H23N7O. The van der Waals surface area contributed by atoms with Crippen molar-refractivity contribution in [2.24, 2.45) is 12.0 Å². The van der Waals surface area contributed by atoms with Crippen LogP contribution in [-0.4, -0.2) is 53.8 Å². The lowest BCUT2D eigenvalue weighted by Crippen LogP contribution is -2.38. The summed E-state index contributed by atoms with van der Waals surface area (Å²) in [6.07, 6.45) is 3.44. The highest BCUT2D eigenvalue weighted by molar-refractivity contribution is 5.79. The summed E-state index contributed by atoms with van der Waals surface area (Å²) in [6, 6.07) is 1.84. The summed E-state index contributed by atoms with van der Waals surface area (Å²) in [4.78, 5) is 12.7. The number of nitrogens with zero attached hydrogens (tertiary/aromatic N) is 6. The molecule has 2 heterocycles. The van der Waals surface area contributed by atoms with Gasteiger partial charge in [0.25, 0.3) is 0 Å². The maximum atomic E-state index is 4.85. The van der Waals surface area contributed by atoms with E-state index in [1.54, 1.807) is 13.3 Å². The summed E-state index contributed by atoms with van der Waals surface area (Å²) >= 11 is 0. The van der Waals surface area contributed by atoms with E-state index < -0.39 is 0 Å². The molecule has 0 aliphatic heterocycles. The van der Waals surface area contributed by atoms with Crippen LogP contribution in [0.1, 0.15) is 11.4 Å². The van der Waals surface area contributed by atoms with Crippen molar-refractivity contribution in [2.75, 3.05) is 33.1 Å². The molecule has 1 N–H and O–H groups in total. The van der Waals surface area contributed by atoms with Crippen molar-refractivity contribution < 1.29 is 4.52 Å². The van der Waals surface area contributed by atoms with Crippen molar-refractivity contribution in [1.29, 1.82) is 0 Å². The average molecular weight is 305 g/mol. The van der Waals surface area contributed by atoms with E-state index in [1.807, 2.05) is 50.3 Å². The van der Waals surface area contributed by atoms with E-state index in [0.717, 1.165) is 23.3 Å². The predicted molar refractivity (Wildman–Crippen MR) is 85.7 cm³/mol. The van der Waals surface area contributed by atoms with Crippen LogP contribution in [-0.2, 0) is 20.1 Å². The van der Waals surface area contributed by atoms with Crippen LogP contribution in [0.4, 0.5) is 5.95 Å². The van der Waals surface area contributed by atoms with Crippen molar-refractivity contribution in [1.82, 2.24) is 24.9 Å². The van der Waals surface area contributed by atoms with Gasteiger partial charge in [0.2, 0.25) is 5.95 Å². The van der Waals surface area contributed by atoms with Crippen molar-refractivity contribution in [3.63, 3.8) is 0 Å². The van der Waals surface area contributed by atoms with Gasteiger partial charge in [0, 0.05) is 41.3 Å². The summed E-state index contributed by atoms with van der Waals surface area (Å²) in [5.74, 6) is 1.71. The topological polar surface area (TPSA) is 74.7 Å². The van der Waals surface area contributed by atoms with E-state index in [-0.39, 0.29) is 0 Å². The minimum Gasteiger partial charge on any atom is -0.364 e. The zero-order chi connectivity index (χ0) is 16.1. The summed E-state index contributed by atoms with van der Waals surface area (Å²) in [5.41, 5.74) is 1.94. The molecule has 8 nitrogen and oxygen atoms in total. The van der Waals surface area contributed by atoms with E-state index in [2.05, 4.69) is 25.0 Å². The number of hydrogen-bond donors (Lipinski definition) is 1. The fraction of sp³-hybridized carbons (Fsp3) is 0.500. The Balaban J connectivity index is 1.96. The number of guanidine groups is 1. The van der Waals surface area contributed by atoms with Crippen LogP contribution in [0.2, 0.25) is 0 Å². The monoisotopic (exact) mass is 305 g/mol. The van der Waals surface area contributed by atoms with E-state index in [9.17, 15) is 0 Å². The number of aliphatic imine (C=N–C) groups is 1. The molecule has 0 saturated heterocycles. The zero-order valence-electron chi connectivity index (χ0n) is 13.7. The number of anilines is 1. The lowest BCUT2D eigenvalue weighted by atomic mass is 10.4. The van der Waals surface area contributed by atoms with Gasteiger partial charge >= 0.3 is 0 Å². The van der Waals surface area contributed by atoms with Crippen LogP contribution in [0.15, 0.2) is 28.0 Å². The zero-order valence-corrected chi connectivity index (χ0v) is 13.7. The smallest absolute Gasteiger partial charge is 0.204 e. The Kier molecular flexibility index (Phi) is 5.03. The van der Waals surface area contributed by atoms with Gasteiger partial charge in [-0.1, -0.05) is 5.16 Å². The molecule has 2 aromatic heterocycles. The molecule has 0 atom stereocenters. The number of aromatic nitrogens is 3. The van der Waals surface area contributed by atoms with Crippen molar-refractivity contribution in [3.05, 3.63) is 29.9 Å². The van der Waals surface area contributed by atoms with Gasteiger partial charge < -0.3 is 24.2 Å². The van der Waals surface area contributed by atoms with Gasteiger partial charge in [-0.05, 0) is 0 Å². The van der Waals surface area contributed by atoms with Crippen LogP contribution in [0.5, 0.6) is 0 Å². The molecule has 0 radical (unpaired) electrons. The third-order valence-electron chi connectivity index (χ3n) is 3.35. The molecule has 0 bridgehead atoms. The Labute approximate surface area is 130 Å². The molecule has 0 spiro atoms. The third kappa shape index (κ3) is 3.57. The van der Waals surface area contributed by atoms with Crippen molar-refractivity contribution in [2.45, 2.75) is 13.1 Å². The molecule has 2 rings (SSSR count). The van der Waals surface area contributed by atoms with Gasteiger partial charge in [0.15, 0.2) is 5.96 Å². The number of imidazole rings is 1. The van der Waals surface area contributed by atoms with Gasteiger partial charge in [-0.2, -0.15) is 0 Å². The van der Waals surface area contributed by atoms with Crippen molar-refractivity contribution in [3.8, 4) is 0 Å². The standard InChI is InChI=1S/C14H23N7O/c1-15-13(20(4)10-11-6-7-22-18-11)16-8-12-9-17-14(19(2)3)21(12)5/h6-7,9H,8,10H2,1-5H3,(H,15,16). The molecule has 0 aromatic carbocycles. The first kappa shape index (κ1) is 15.9. The highest BCUT2D eigenvalue weighted by atomic mass is 16.5. The normalized spacial score (nSPS) is 11.6. The summed E-state index contributed by atoms with van der Waals surface area (Å²) in [5, 5.41) is 7.24. The Morgan fingerprint density at radius 1 is 1.41 bits per heavy atom. The maximum Gasteiger partial charge on any atom is 0.204 e. The molecule has 0 amide bonds. The Bertz CT molecular complexity index is 615. The van der Waals surface area contributed by atoms with Crippen molar-refractivity contribution >= 4 is 11.9 Å². The van der Waals surface area contributed by atoms with Crippen LogP contribution in [0.25, 0.3) is 0 Å². The lowest BCUT2D eigenvalue weighted by molar-refractivity contribution is 0.391. The summed E-state index contributed by atoms with van der Waals surface area (Å²) < 4.78 is 6.90. The van der Waals surface area contributed by atoms with Gasteiger partial charge in [0.1, 0.15) is 12.0 Å². The second kappa shape index (κ2) is 6.97. The van der Waals surface area contributed by atoms with E-state index in [1.165, 1.54) is 0 Å². The molecule has 0 aliphatic carbocycles. The molecule has 0 fully saturated rings. The fourth-order valence-electron chi connectivity index (χ4n) is 2.20. The minimum absolute atomic E-state index is 0.629. The predicted octanol–water partition coefficient (Wildman–Crippen LogP) is 0.682. The molecule has 0 unspecified atom stereocenters. The highest BCUT2D eigenvalue weighted by Crippen LogP contribution is 2.10. The van der Waals surface area contributed by atoms with Gasteiger partial charge in [-0.3, -0.25) is 4.99 Å². The Hall–Kier alpha value is -2.51. The fourth-order valence-corrected chi connectivity index (χ4v) is 2.20. The molecule has 0 aliphatic rings. The van der Waals surface area contributed by atoms with Gasteiger partial charge in [0.05, 0.1) is 25.0 Å². The van der Waals surface area contributed by atoms with Crippen LogP contribution in [0, 0.1) is 0 Å². The number of hydrogen-bond acceptors (Lipinski definition) is 5. The molecule has 2 aromatic rings.